The standard InChI is InChI=1S/C102H60N6O/c1-3-21-61(22-4-1)62-41-45-64(46-42-62)95-79-29-9-15-37-90(79)103-98(104-95)65-47-43-63(44-48-65)69-50-54-74-72-25-7-12-32-82(72)102(89(74)59-69)86-56-52-70(60-94(86)108-92-39-17-11-28-76(92)78-31-20-36-88(102)97(78)108)71-53-49-67(58-81(71)100-106-105-99(109-100)66-23-5-2-6-24-66)68-51-55-84-80(57-68)73-26-8-13-33-83(73)101(84)85-34-14-18-40-93(85)107-91-38-16-10-27-75(91)77-30-19-35-87(101)96(77)107/h1-60H. The van der Waals surface area contributed by atoms with E-state index in [1.54, 1.807) is 0 Å². The first-order valence-corrected chi connectivity index (χ1v) is 37.4. The molecule has 6 heterocycles. The van der Waals surface area contributed by atoms with Crippen LogP contribution < -0.4 is 0 Å². The lowest BCUT2D eigenvalue weighted by atomic mass is 9.65. The van der Waals surface area contributed by atoms with E-state index in [2.05, 4.69) is 343 Å². The summed E-state index contributed by atoms with van der Waals surface area (Å²) in [5.74, 6) is 1.58. The molecule has 0 fully saturated rings. The van der Waals surface area contributed by atoms with E-state index in [-0.39, 0.29) is 0 Å². The molecule has 2 aliphatic carbocycles. The van der Waals surface area contributed by atoms with Crippen LogP contribution in [0.15, 0.2) is 368 Å². The van der Waals surface area contributed by atoms with Crippen LogP contribution in [0, 0.1) is 0 Å². The van der Waals surface area contributed by atoms with E-state index in [1.165, 1.54) is 116 Å². The molecule has 24 rings (SSSR count). The van der Waals surface area contributed by atoms with Crippen LogP contribution in [0.2, 0.25) is 0 Å². The maximum Gasteiger partial charge on any atom is 0.248 e. The lowest BCUT2D eigenvalue weighted by molar-refractivity contribution is 0.585. The fraction of sp³-hybridized carbons (Fsp3) is 0.0196. The van der Waals surface area contributed by atoms with Crippen molar-refractivity contribution in [2.24, 2.45) is 0 Å². The number of hydrogen-bond donors (Lipinski definition) is 0. The van der Waals surface area contributed by atoms with Crippen LogP contribution in [0.25, 0.3) is 178 Å². The summed E-state index contributed by atoms with van der Waals surface area (Å²) in [7, 11) is 0. The van der Waals surface area contributed by atoms with Gasteiger partial charge in [-0.2, -0.15) is 0 Å². The Balaban J connectivity index is 0.666. The average molecular weight is 1390 g/mol. The molecular formula is C102H60N6O. The molecule has 4 aromatic heterocycles. The summed E-state index contributed by atoms with van der Waals surface area (Å²) in [6.45, 7) is 0. The van der Waals surface area contributed by atoms with Gasteiger partial charge in [-0.15, -0.1) is 10.2 Å². The van der Waals surface area contributed by atoms with Gasteiger partial charge in [0.05, 0.1) is 55.5 Å². The Hall–Kier alpha value is -14.4. The van der Waals surface area contributed by atoms with E-state index >= 15 is 0 Å². The van der Waals surface area contributed by atoms with Crippen molar-refractivity contribution in [3.05, 3.63) is 408 Å². The smallest absolute Gasteiger partial charge is 0.248 e. The number of para-hydroxylation sites is 6. The Morgan fingerprint density at radius 3 is 1.38 bits per heavy atom. The second-order valence-electron chi connectivity index (χ2n) is 29.4. The van der Waals surface area contributed by atoms with Crippen molar-refractivity contribution in [1.82, 2.24) is 29.3 Å². The monoisotopic (exact) mass is 1380 g/mol. The first kappa shape index (κ1) is 59.9. The number of hydrogen-bond acceptors (Lipinski definition) is 5. The van der Waals surface area contributed by atoms with Gasteiger partial charge in [-0.05, 0) is 172 Å². The Kier molecular flexibility index (Phi) is 12.4. The molecule has 2 spiro atoms. The van der Waals surface area contributed by atoms with Gasteiger partial charge < -0.3 is 13.6 Å². The summed E-state index contributed by atoms with van der Waals surface area (Å²) in [5, 5.41) is 15.7. The highest BCUT2D eigenvalue weighted by molar-refractivity contribution is 6.15. The minimum Gasteiger partial charge on any atom is -0.416 e. The topological polar surface area (TPSA) is 74.6 Å². The summed E-state index contributed by atoms with van der Waals surface area (Å²) in [6.07, 6.45) is 0. The Morgan fingerprint density at radius 2 is 0.670 bits per heavy atom. The van der Waals surface area contributed by atoms with Crippen molar-refractivity contribution in [3.63, 3.8) is 0 Å². The fourth-order valence-corrected chi connectivity index (χ4v) is 19.6. The van der Waals surface area contributed by atoms with E-state index in [0.717, 1.165) is 89.0 Å². The number of nitrogens with zero attached hydrogens (tertiary/aromatic N) is 6. The molecule has 4 aliphatic rings. The van der Waals surface area contributed by atoms with Gasteiger partial charge in [-0.25, -0.2) is 9.97 Å². The van der Waals surface area contributed by atoms with Crippen molar-refractivity contribution in [2.45, 2.75) is 10.8 Å². The number of benzene rings is 16. The van der Waals surface area contributed by atoms with Crippen LogP contribution in [0.3, 0.4) is 0 Å². The van der Waals surface area contributed by atoms with Crippen LogP contribution in [0.5, 0.6) is 0 Å². The van der Waals surface area contributed by atoms with Gasteiger partial charge in [0.25, 0.3) is 0 Å². The molecular weight excluding hydrogens is 1330 g/mol. The number of aromatic nitrogens is 6. The van der Waals surface area contributed by atoms with Gasteiger partial charge in [-0.3, -0.25) is 0 Å². The van der Waals surface area contributed by atoms with Crippen molar-refractivity contribution in [2.75, 3.05) is 0 Å². The molecule has 0 saturated heterocycles. The van der Waals surface area contributed by atoms with Crippen LogP contribution in [0.1, 0.15) is 44.5 Å². The molecule has 0 amide bonds. The second-order valence-corrected chi connectivity index (χ2v) is 29.4. The zero-order valence-corrected chi connectivity index (χ0v) is 58.7. The van der Waals surface area contributed by atoms with Crippen molar-refractivity contribution < 1.29 is 4.42 Å². The quantitative estimate of drug-likeness (QED) is 0.152. The summed E-state index contributed by atoms with van der Waals surface area (Å²) in [6, 6.07) is 134. The minimum atomic E-state index is -0.729. The van der Waals surface area contributed by atoms with Gasteiger partial charge in [0.1, 0.15) is 0 Å². The average Bonchev–Trinajstić information content (AvgIpc) is 1.52. The first-order valence-electron chi connectivity index (χ1n) is 37.4. The van der Waals surface area contributed by atoms with E-state index in [1.807, 2.05) is 30.3 Å². The molecule has 0 bridgehead atoms. The van der Waals surface area contributed by atoms with Crippen LogP contribution >= 0.6 is 0 Å². The van der Waals surface area contributed by atoms with Crippen LogP contribution in [-0.4, -0.2) is 29.3 Å². The SMILES string of the molecule is c1ccc(-c2ccc(-c3nc(-c4ccc(-c5ccc6c(c5)C5(c7ccccc7-6)c6ccc(-c7ccc(-c8ccc9c(c8)-c8ccccc8C98c9ccccc9-n9c%10ccccc%10c%10cccc8c%109)cc7-c7nnc(-c8ccccc8)o7)cc6-n6c7ccccc7c7cccc5c76)cc4)nc4ccccc34)cc2)cc1. The Bertz CT molecular complexity index is 7290. The van der Waals surface area contributed by atoms with E-state index in [0.29, 0.717) is 17.6 Å². The predicted molar refractivity (Wildman–Crippen MR) is 441 cm³/mol. The Morgan fingerprint density at radius 1 is 0.229 bits per heavy atom. The maximum atomic E-state index is 6.91. The molecule has 20 aromatic rings. The minimum absolute atomic E-state index is 0.440. The number of rotatable bonds is 8. The largest absolute Gasteiger partial charge is 0.416 e. The summed E-state index contributed by atoms with van der Waals surface area (Å²) >= 11 is 0. The third-order valence-electron chi connectivity index (χ3n) is 24.2. The second kappa shape index (κ2) is 22.6. The molecule has 7 heteroatoms. The Labute approximate surface area is 627 Å². The van der Waals surface area contributed by atoms with E-state index < -0.39 is 10.8 Å². The normalized spacial score (nSPS) is 15.2. The first-order chi connectivity index (χ1) is 54.0. The molecule has 109 heavy (non-hydrogen) atoms. The van der Waals surface area contributed by atoms with Crippen LogP contribution in [-0.2, 0) is 10.8 Å². The molecule has 2 unspecified atom stereocenters. The predicted octanol–water partition coefficient (Wildman–Crippen LogP) is 24.9. The highest BCUT2D eigenvalue weighted by atomic mass is 16.4. The lowest BCUT2D eigenvalue weighted by Gasteiger charge is -2.40. The van der Waals surface area contributed by atoms with E-state index in [9.17, 15) is 0 Å². The highest BCUT2D eigenvalue weighted by Crippen LogP contribution is 2.64. The van der Waals surface area contributed by atoms with Gasteiger partial charge in [-0.1, -0.05) is 303 Å². The van der Waals surface area contributed by atoms with Crippen LogP contribution in [0.4, 0.5) is 0 Å². The summed E-state index contributed by atoms with van der Waals surface area (Å²) in [4.78, 5) is 10.5. The van der Waals surface area contributed by atoms with Crippen molar-refractivity contribution in [3.8, 4) is 124 Å². The van der Waals surface area contributed by atoms with Crippen molar-refractivity contribution in [1.29, 1.82) is 0 Å². The third-order valence-corrected chi connectivity index (χ3v) is 24.2. The molecule has 2 atom stereocenters. The summed E-state index contributed by atoms with van der Waals surface area (Å²) in [5.41, 5.74) is 35.0. The van der Waals surface area contributed by atoms with Gasteiger partial charge in [0.2, 0.25) is 11.8 Å². The summed E-state index contributed by atoms with van der Waals surface area (Å²) < 4.78 is 12.0. The molecule has 2 aliphatic heterocycles. The zero-order valence-electron chi connectivity index (χ0n) is 58.7. The molecule has 7 nitrogen and oxygen atoms in total. The maximum absolute atomic E-state index is 6.91. The molecule has 0 radical (unpaired) electrons. The molecule has 0 N–H and O–H groups in total. The van der Waals surface area contributed by atoms with Gasteiger partial charge in [0, 0.05) is 49.2 Å². The molecule has 504 valence electrons. The highest BCUT2D eigenvalue weighted by Gasteiger charge is 2.53. The van der Waals surface area contributed by atoms with Crippen molar-refractivity contribution >= 4 is 54.5 Å². The third kappa shape index (κ3) is 8.25. The van der Waals surface area contributed by atoms with Gasteiger partial charge >= 0.3 is 0 Å². The zero-order chi connectivity index (χ0) is 71.2. The molecule has 16 aromatic carbocycles. The fourth-order valence-electron chi connectivity index (χ4n) is 19.6. The van der Waals surface area contributed by atoms with E-state index in [4.69, 9.17) is 24.6 Å². The lowest BCUT2D eigenvalue weighted by Crippen LogP contribution is -2.33. The van der Waals surface area contributed by atoms with Gasteiger partial charge in [0.15, 0.2) is 5.82 Å². The molecule has 0 saturated carbocycles. The number of fused-ring (bicyclic) bond motifs is 25.